The van der Waals surface area contributed by atoms with Crippen molar-refractivity contribution in [3.05, 3.63) is 17.1 Å². The molecule has 4 heteroatoms. The number of hydrogen-bond donors (Lipinski definition) is 1. The highest BCUT2D eigenvalue weighted by molar-refractivity contribution is 5.33. The zero-order valence-corrected chi connectivity index (χ0v) is 10.2. The molecule has 0 fully saturated rings. The first-order chi connectivity index (χ1) is 7.70. The Morgan fingerprint density at radius 3 is 2.88 bits per heavy atom. The van der Waals surface area contributed by atoms with Crippen LogP contribution in [0.3, 0.4) is 0 Å². The number of nitrogens with one attached hydrogen (secondary N) is 1. The van der Waals surface area contributed by atoms with Crippen molar-refractivity contribution in [1.29, 1.82) is 0 Å². The average Bonchev–Trinajstić information content (AvgIpc) is 2.28. The van der Waals surface area contributed by atoms with E-state index in [0.29, 0.717) is 0 Å². The smallest absolute Gasteiger partial charge is 0.221 e. The highest BCUT2D eigenvalue weighted by Crippen LogP contribution is 2.23. The van der Waals surface area contributed by atoms with Crippen molar-refractivity contribution < 1.29 is 4.74 Å². The van der Waals surface area contributed by atoms with Gasteiger partial charge in [0.25, 0.3) is 0 Å². The fourth-order valence-electron chi connectivity index (χ4n) is 1.84. The molecule has 0 unspecified atom stereocenters. The maximum Gasteiger partial charge on any atom is 0.221 e. The molecule has 0 amide bonds. The Kier molecular flexibility index (Phi) is 3.39. The van der Waals surface area contributed by atoms with Gasteiger partial charge in [0.2, 0.25) is 5.88 Å². The summed E-state index contributed by atoms with van der Waals surface area (Å²) in [5, 5.41) is 3.33. The summed E-state index contributed by atoms with van der Waals surface area (Å²) in [6.45, 7) is 7.93. The molecule has 0 saturated heterocycles. The predicted octanol–water partition coefficient (Wildman–Crippen LogP) is 1.47. The topological polar surface area (TPSA) is 47.0 Å². The zero-order chi connectivity index (χ0) is 11.5. The summed E-state index contributed by atoms with van der Waals surface area (Å²) in [5.41, 5.74) is 2.29. The van der Waals surface area contributed by atoms with Crippen LogP contribution in [0.5, 0.6) is 5.88 Å². The maximum absolute atomic E-state index is 5.76. The van der Waals surface area contributed by atoms with Crippen LogP contribution in [-0.4, -0.2) is 22.6 Å². The highest BCUT2D eigenvalue weighted by atomic mass is 16.5. The Bertz CT molecular complexity index is 377. The van der Waals surface area contributed by atoms with Crippen LogP contribution in [0, 0.1) is 0 Å². The molecule has 1 aliphatic heterocycles. The van der Waals surface area contributed by atoms with Crippen LogP contribution in [0.1, 0.15) is 37.9 Å². The second kappa shape index (κ2) is 4.78. The Labute approximate surface area is 96.4 Å². The maximum atomic E-state index is 5.76. The highest BCUT2D eigenvalue weighted by Gasteiger charge is 2.18. The van der Waals surface area contributed by atoms with Crippen molar-refractivity contribution in [3.63, 3.8) is 0 Å². The van der Waals surface area contributed by atoms with Crippen molar-refractivity contribution in [1.82, 2.24) is 15.3 Å². The Morgan fingerprint density at radius 2 is 2.19 bits per heavy atom. The third-order valence-corrected chi connectivity index (χ3v) is 2.61. The molecule has 1 aromatic heterocycles. The molecule has 0 spiro atoms. The van der Waals surface area contributed by atoms with Crippen molar-refractivity contribution in [2.75, 3.05) is 6.54 Å². The van der Waals surface area contributed by atoms with Gasteiger partial charge >= 0.3 is 0 Å². The standard InChI is InChI=1S/C12H19N3O/c1-4-11-14-10-5-6-13-7-9(10)12(15-11)16-8(2)3/h8,13H,4-7H2,1-3H3. The summed E-state index contributed by atoms with van der Waals surface area (Å²) in [6.07, 6.45) is 1.99. The van der Waals surface area contributed by atoms with Crippen molar-refractivity contribution in [3.8, 4) is 5.88 Å². The summed E-state index contributed by atoms with van der Waals surface area (Å²) < 4.78 is 5.76. The summed E-state index contributed by atoms with van der Waals surface area (Å²) in [4.78, 5) is 9.04. The van der Waals surface area contributed by atoms with Gasteiger partial charge in [-0.05, 0) is 13.8 Å². The van der Waals surface area contributed by atoms with Gasteiger partial charge in [0.1, 0.15) is 5.82 Å². The van der Waals surface area contributed by atoms with Crippen LogP contribution >= 0.6 is 0 Å². The van der Waals surface area contributed by atoms with Crippen LogP contribution in [0.25, 0.3) is 0 Å². The molecule has 0 saturated carbocycles. The quantitative estimate of drug-likeness (QED) is 0.839. The molecule has 0 aromatic carbocycles. The van der Waals surface area contributed by atoms with E-state index in [1.54, 1.807) is 0 Å². The van der Waals surface area contributed by atoms with Crippen LogP contribution < -0.4 is 10.1 Å². The minimum Gasteiger partial charge on any atom is -0.475 e. The molecule has 2 rings (SSSR count). The Hall–Kier alpha value is -1.16. The van der Waals surface area contributed by atoms with E-state index < -0.39 is 0 Å². The van der Waals surface area contributed by atoms with Crippen LogP contribution in [0.15, 0.2) is 0 Å². The average molecular weight is 221 g/mol. The fourth-order valence-corrected chi connectivity index (χ4v) is 1.84. The summed E-state index contributed by atoms with van der Waals surface area (Å²) in [6, 6.07) is 0. The number of aryl methyl sites for hydroxylation is 1. The zero-order valence-electron chi connectivity index (χ0n) is 10.2. The summed E-state index contributed by atoms with van der Waals surface area (Å²) >= 11 is 0. The third kappa shape index (κ3) is 2.32. The first-order valence-corrected chi connectivity index (χ1v) is 5.96. The molecule has 0 atom stereocenters. The molecular weight excluding hydrogens is 202 g/mol. The molecule has 0 aliphatic carbocycles. The minimum atomic E-state index is 0.158. The van der Waals surface area contributed by atoms with Gasteiger partial charge in [-0.2, -0.15) is 4.98 Å². The van der Waals surface area contributed by atoms with E-state index in [0.717, 1.165) is 48.9 Å². The lowest BCUT2D eigenvalue weighted by Gasteiger charge is -2.21. The van der Waals surface area contributed by atoms with E-state index in [2.05, 4.69) is 22.2 Å². The first kappa shape index (κ1) is 11.3. The lowest BCUT2D eigenvalue weighted by atomic mass is 10.1. The van der Waals surface area contributed by atoms with Gasteiger partial charge in [-0.25, -0.2) is 4.98 Å². The van der Waals surface area contributed by atoms with Gasteiger partial charge in [-0.1, -0.05) is 6.92 Å². The fraction of sp³-hybridized carbons (Fsp3) is 0.667. The molecule has 16 heavy (non-hydrogen) atoms. The van der Waals surface area contributed by atoms with E-state index >= 15 is 0 Å². The van der Waals surface area contributed by atoms with E-state index in [4.69, 9.17) is 4.74 Å². The Balaban J connectivity index is 2.39. The molecular formula is C12H19N3O. The lowest BCUT2D eigenvalue weighted by Crippen LogP contribution is -2.27. The van der Waals surface area contributed by atoms with Crippen molar-refractivity contribution in [2.45, 2.75) is 46.3 Å². The summed E-state index contributed by atoms with van der Waals surface area (Å²) in [5.74, 6) is 1.65. The molecule has 1 aromatic rings. The van der Waals surface area contributed by atoms with Crippen molar-refractivity contribution >= 4 is 0 Å². The SMILES string of the molecule is CCc1nc2c(c(OC(C)C)n1)CNCC2. The number of hydrogen-bond acceptors (Lipinski definition) is 4. The van der Waals surface area contributed by atoms with Gasteiger partial charge < -0.3 is 10.1 Å². The number of nitrogens with zero attached hydrogens (tertiary/aromatic N) is 2. The second-order valence-electron chi connectivity index (χ2n) is 4.32. The van der Waals surface area contributed by atoms with Crippen LogP contribution in [-0.2, 0) is 19.4 Å². The molecule has 4 nitrogen and oxygen atoms in total. The molecule has 2 heterocycles. The predicted molar refractivity (Wildman–Crippen MR) is 62.6 cm³/mol. The van der Waals surface area contributed by atoms with E-state index in [1.807, 2.05) is 13.8 Å². The van der Waals surface area contributed by atoms with Crippen LogP contribution in [0.4, 0.5) is 0 Å². The van der Waals surface area contributed by atoms with E-state index in [-0.39, 0.29) is 6.10 Å². The van der Waals surface area contributed by atoms with E-state index in [9.17, 15) is 0 Å². The number of ether oxygens (including phenoxy) is 1. The van der Waals surface area contributed by atoms with Crippen LogP contribution in [0.2, 0.25) is 0 Å². The number of fused-ring (bicyclic) bond motifs is 1. The molecule has 1 aliphatic rings. The minimum absolute atomic E-state index is 0.158. The number of aromatic nitrogens is 2. The molecule has 88 valence electrons. The van der Waals surface area contributed by atoms with Gasteiger partial charge in [0.05, 0.1) is 11.8 Å². The molecule has 1 N–H and O–H groups in total. The first-order valence-electron chi connectivity index (χ1n) is 5.96. The Morgan fingerprint density at radius 1 is 1.38 bits per heavy atom. The monoisotopic (exact) mass is 221 g/mol. The second-order valence-corrected chi connectivity index (χ2v) is 4.32. The molecule has 0 bridgehead atoms. The van der Waals surface area contributed by atoms with Gasteiger partial charge in [0.15, 0.2) is 0 Å². The largest absolute Gasteiger partial charge is 0.475 e. The summed E-state index contributed by atoms with van der Waals surface area (Å²) in [7, 11) is 0. The van der Waals surface area contributed by atoms with Gasteiger partial charge in [-0.3, -0.25) is 0 Å². The van der Waals surface area contributed by atoms with Gasteiger partial charge in [-0.15, -0.1) is 0 Å². The number of rotatable bonds is 3. The van der Waals surface area contributed by atoms with Crippen molar-refractivity contribution in [2.24, 2.45) is 0 Å². The molecule has 0 radical (unpaired) electrons. The normalized spacial score (nSPS) is 15.0. The third-order valence-electron chi connectivity index (χ3n) is 2.61. The lowest BCUT2D eigenvalue weighted by molar-refractivity contribution is 0.227. The van der Waals surface area contributed by atoms with E-state index in [1.165, 1.54) is 0 Å². The van der Waals surface area contributed by atoms with Gasteiger partial charge in [0, 0.05) is 31.5 Å².